The van der Waals surface area contributed by atoms with Crippen LogP contribution >= 0.6 is 0 Å². The lowest BCUT2D eigenvalue weighted by Gasteiger charge is -2.31. The molecule has 7 N–H and O–H groups in total. The Labute approximate surface area is 208 Å². The molecule has 0 radical (unpaired) electrons. The Morgan fingerprint density at radius 2 is 1.68 bits per heavy atom. The Balaban J connectivity index is 1.78. The highest BCUT2D eigenvalue weighted by atomic mass is 16.6. The molecule has 2 aromatic carbocycles. The van der Waals surface area contributed by atoms with Crippen molar-refractivity contribution in [3.63, 3.8) is 0 Å². The number of carbonyl (C=O) groups excluding carboxylic acids is 1. The maximum atomic E-state index is 13.5. The SMILES string of the molecule is O=C(O)/C=C/c1ccc(O)c2c1[C@@H](C(=O)OC1CC(C(=O)O)=C[C@@H](O)[C@H]1O)[C@@H](c1ccc(O)c(O)c1)O2. The van der Waals surface area contributed by atoms with Gasteiger partial charge in [-0.1, -0.05) is 12.1 Å². The van der Waals surface area contributed by atoms with Gasteiger partial charge in [-0.15, -0.1) is 0 Å². The summed E-state index contributed by atoms with van der Waals surface area (Å²) in [6.45, 7) is 0. The number of aliphatic carboxylic acids is 2. The Hall–Kier alpha value is -4.55. The van der Waals surface area contributed by atoms with Crippen LogP contribution in [0.1, 0.15) is 35.1 Å². The second-order valence-electron chi connectivity index (χ2n) is 8.51. The number of aliphatic hydroxyl groups excluding tert-OH is 2. The number of aliphatic hydroxyl groups is 2. The van der Waals surface area contributed by atoms with Crippen molar-refractivity contribution < 1.29 is 59.6 Å². The van der Waals surface area contributed by atoms with E-state index in [0.29, 0.717) is 0 Å². The molecule has 0 saturated heterocycles. The first-order chi connectivity index (χ1) is 17.5. The van der Waals surface area contributed by atoms with Crippen molar-refractivity contribution in [2.75, 3.05) is 0 Å². The average molecular weight is 514 g/mol. The molecular weight excluding hydrogens is 492 g/mol. The minimum Gasteiger partial charge on any atom is -0.504 e. The average Bonchev–Trinajstić information content (AvgIpc) is 3.25. The smallest absolute Gasteiger partial charge is 0.331 e. The van der Waals surface area contributed by atoms with E-state index in [-0.39, 0.29) is 33.8 Å². The zero-order chi connectivity index (χ0) is 27.0. The molecule has 12 nitrogen and oxygen atoms in total. The van der Waals surface area contributed by atoms with Gasteiger partial charge in [0.15, 0.2) is 23.0 Å². The molecule has 1 aliphatic carbocycles. The van der Waals surface area contributed by atoms with Gasteiger partial charge in [-0.05, 0) is 41.5 Å². The number of carboxylic acids is 2. The van der Waals surface area contributed by atoms with Crippen molar-refractivity contribution in [3.05, 3.63) is 64.7 Å². The van der Waals surface area contributed by atoms with Crippen molar-refractivity contribution in [2.24, 2.45) is 0 Å². The monoisotopic (exact) mass is 514 g/mol. The van der Waals surface area contributed by atoms with Crippen LogP contribution in [-0.4, -0.2) is 72.0 Å². The Morgan fingerprint density at radius 3 is 2.32 bits per heavy atom. The fourth-order valence-electron chi connectivity index (χ4n) is 4.34. The molecule has 37 heavy (non-hydrogen) atoms. The number of phenolic OH excluding ortho intramolecular Hbond substituents is 3. The van der Waals surface area contributed by atoms with Crippen molar-refractivity contribution >= 4 is 24.0 Å². The van der Waals surface area contributed by atoms with Crippen LogP contribution in [0.5, 0.6) is 23.0 Å². The van der Waals surface area contributed by atoms with Gasteiger partial charge < -0.3 is 45.2 Å². The summed E-state index contributed by atoms with van der Waals surface area (Å²) in [5, 5.41) is 68.9. The molecule has 2 aromatic rings. The van der Waals surface area contributed by atoms with E-state index in [9.17, 15) is 45.0 Å². The summed E-state index contributed by atoms with van der Waals surface area (Å²) < 4.78 is 11.3. The van der Waals surface area contributed by atoms with E-state index in [1.54, 1.807) is 0 Å². The number of benzene rings is 2. The Bertz CT molecular complexity index is 1330. The second kappa shape index (κ2) is 9.84. The first kappa shape index (κ1) is 25.5. The Kier molecular flexibility index (Phi) is 6.79. The molecule has 5 atom stereocenters. The lowest BCUT2D eigenvalue weighted by atomic mass is 9.87. The minimum atomic E-state index is -1.64. The third-order valence-corrected chi connectivity index (χ3v) is 6.12. The number of esters is 1. The number of ether oxygens (including phenoxy) is 2. The lowest BCUT2D eigenvalue weighted by molar-refractivity contribution is -0.163. The van der Waals surface area contributed by atoms with E-state index >= 15 is 0 Å². The molecule has 0 aromatic heterocycles. The van der Waals surface area contributed by atoms with Crippen LogP contribution < -0.4 is 4.74 Å². The van der Waals surface area contributed by atoms with E-state index in [1.807, 2.05) is 0 Å². The first-order valence-corrected chi connectivity index (χ1v) is 10.9. The standard InChI is InChI=1S/C25H22O12/c26-13-4-2-11(7-15(13)28)22-20(19-10(3-6-18(30)31)1-5-14(27)23(19)37-22)25(35)36-17-9-12(24(33)34)8-16(29)21(17)32/h1-8,16-17,20-22,26-29,32H,9H2,(H,30,31)(H,33,34)/b6-3+/t16-,17?,20-,21-,22-/m1/s1. The van der Waals surface area contributed by atoms with Gasteiger partial charge in [-0.3, -0.25) is 4.79 Å². The summed E-state index contributed by atoms with van der Waals surface area (Å²) in [6, 6.07) is 6.19. The van der Waals surface area contributed by atoms with Crippen molar-refractivity contribution in [3.8, 4) is 23.0 Å². The lowest BCUT2D eigenvalue weighted by Crippen LogP contribution is -2.44. The summed E-state index contributed by atoms with van der Waals surface area (Å²) >= 11 is 0. The highest BCUT2D eigenvalue weighted by molar-refractivity contribution is 5.89. The highest BCUT2D eigenvalue weighted by Gasteiger charge is 2.46. The summed E-state index contributed by atoms with van der Waals surface area (Å²) in [5.41, 5.74) is 0.121. The van der Waals surface area contributed by atoms with E-state index in [1.165, 1.54) is 24.3 Å². The van der Waals surface area contributed by atoms with Crippen LogP contribution in [0.25, 0.3) is 6.08 Å². The van der Waals surface area contributed by atoms with E-state index in [4.69, 9.17) is 14.6 Å². The van der Waals surface area contributed by atoms with Crippen LogP contribution in [0.15, 0.2) is 48.1 Å². The predicted octanol–water partition coefficient (Wildman–Crippen LogP) is 1.17. The van der Waals surface area contributed by atoms with Gasteiger partial charge in [0.05, 0.1) is 0 Å². The quantitative estimate of drug-likeness (QED) is 0.164. The molecule has 4 rings (SSSR count). The van der Waals surface area contributed by atoms with Gasteiger partial charge >= 0.3 is 17.9 Å². The van der Waals surface area contributed by atoms with Crippen LogP contribution in [0.4, 0.5) is 0 Å². The highest BCUT2D eigenvalue weighted by Crippen LogP contribution is 2.53. The molecular formula is C25H22O12. The van der Waals surface area contributed by atoms with Crippen LogP contribution in [0.2, 0.25) is 0 Å². The van der Waals surface area contributed by atoms with Crippen LogP contribution in [0, 0.1) is 0 Å². The molecule has 0 fully saturated rings. The summed E-state index contributed by atoms with van der Waals surface area (Å²) in [6.07, 6.45) is -3.44. The van der Waals surface area contributed by atoms with Gasteiger partial charge in [0.25, 0.3) is 0 Å². The molecule has 12 heteroatoms. The molecule has 2 aliphatic rings. The van der Waals surface area contributed by atoms with Crippen LogP contribution in [0.3, 0.4) is 0 Å². The first-order valence-electron chi connectivity index (χ1n) is 10.9. The molecule has 1 aliphatic heterocycles. The van der Waals surface area contributed by atoms with Crippen molar-refractivity contribution in [1.82, 2.24) is 0 Å². The van der Waals surface area contributed by atoms with Gasteiger partial charge in [0.1, 0.15) is 30.3 Å². The Morgan fingerprint density at radius 1 is 0.973 bits per heavy atom. The molecule has 0 saturated carbocycles. The summed E-state index contributed by atoms with van der Waals surface area (Å²) in [5.74, 6) is -6.62. The van der Waals surface area contributed by atoms with Crippen LogP contribution in [-0.2, 0) is 19.1 Å². The van der Waals surface area contributed by atoms with Crippen molar-refractivity contribution in [2.45, 2.75) is 36.8 Å². The zero-order valence-corrected chi connectivity index (χ0v) is 18.9. The van der Waals surface area contributed by atoms with Gasteiger partial charge in [-0.2, -0.15) is 0 Å². The fourth-order valence-corrected chi connectivity index (χ4v) is 4.34. The second-order valence-corrected chi connectivity index (χ2v) is 8.51. The number of rotatable bonds is 6. The van der Waals surface area contributed by atoms with E-state index in [0.717, 1.165) is 24.3 Å². The zero-order valence-electron chi connectivity index (χ0n) is 18.9. The molecule has 1 heterocycles. The summed E-state index contributed by atoms with van der Waals surface area (Å²) in [4.78, 5) is 36.1. The van der Waals surface area contributed by atoms with Gasteiger partial charge in [0.2, 0.25) is 0 Å². The van der Waals surface area contributed by atoms with E-state index in [2.05, 4.69) is 0 Å². The third kappa shape index (κ3) is 4.92. The maximum Gasteiger partial charge on any atom is 0.331 e. The third-order valence-electron chi connectivity index (χ3n) is 6.12. The number of hydrogen-bond acceptors (Lipinski definition) is 10. The molecule has 0 amide bonds. The topological polar surface area (TPSA) is 211 Å². The fraction of sp³-hybridized carbons (Fsp3) is 0.240. The minimum absolute atomic E-state index is 0.0416. The van der Waals surface area contributed by atoms with E-state index < -0.39 is 66.2 Å². The molecule has 0 spiro atoms. The number of carbonyl (C=O) groups is 3. The summed E-state index contributed by atoms with van der Waals surface area (Å²) in [7, 11) is 0. The molecule has 0 bridgehead atoms. The number of hydrogen-bond donors (Lipinski definition) is 7. The number of carboxylic acid groups (broad SMARTS) is 2. The van der Waals surface area contributed by atoms with Gasteiger partial charge in [-0.25, -0.2) is 9.59 Å². The number of aromatic hydroxyl groups is 3. The maximum absolute atomic E-state index is 13.5. The normalized spacial score (nSPS) is 24.7. The molecule has 1 unspecified atom stereocenters. The largest absolute Gasteiger partial charge is 0.504 e. The van der Waals surface area contributed by atoms with Crippen molar-refractivity contribution in [1.29, 1.82) is 0 Å². The predicted molar refractivity (Wildman–Crippen MR) is 123 cm³/mol. The number of fused-ring (bicyclic) bond motifs is 1. The number of phenols is 3. The van der Waals surface area contributed by atoms with Gasteiger partial charge in [0, 0.05) is 23.6 Å². The molecule has 194 valence electrons.